The summed E-state index contributed by atoms with van der Waals surface area (Å²) in [5, 5.41) is 3.98. The van der Waals surface area contributed by atoms with Crippen LogP contribution >= 0.6 is 11.8 Å². The van der Waals surface area contributed by atoms with Crippen molar-refractivity contribution in [2.45, 2.75) is 24.3 Å². The number of benzene rings is 1. The highest BCUT2D eigenvalue weighted by Crippen LogP contribution is 2.23. The Hall–Kier alpha value is -1.37. The SMILES string of the molecule is CCSc1ccc(-c2noc(C(N)CCOC)n2)cc1. The summed E-state index contributed by atoms with van der Waals surface area (Å²) < 4.78 is 10.2. The number of hydrogen-bond acceptors (Lipinski definition) is 6. The number of nitrogens with zero attached hydrogens (tertiary/aromatic N) is 2. The molecule has 1 atom stereocenters. The van der Waals surface area contributed by atoms with Gasteiger partial charge in [0.15, 0.2) is 0 Å². The highest BCUT2D eigenvalue weighted by molar-refractivity contribution is 7.99. The molecule has 1 unspecified atom stereocenters. The number of ether oxygens (including phenoxy) is 1. The minimum absolute atomic E-state index is 0.286. The zero-order valence-corrected chi connectivity index (χ0v) is 12.5. The Bertz CT molecular complexity index is 527. The molecule has 0 radical (unpaired) electrons. The quantitative estimate of drug-likeness (QED) is 0.791. The average molecular weight is 293 g/mol. The van der Waals surface area contributed by atoms with E-state index in [1.807, 2.05) is 12.1 Å². The van der Waals surface area contributed by atoms with Crippen LogP contribution in [-0.2, 0) is 4.74 Å². The van der Waals surface area contributed by atoms with Crippen molar-refractivity contribution in [2.24, 2.45) is 5.73 Å². The molecule has 2 N–H and O–H groups in total. The molecule has 20 heavy (non-hydrogen) atoms. The molecule has 0 amide bonds. The molecule has 1 aromatic carbocycles. The lowest BCUT2D eigenvalue weighted by Crippen LogP contribution is -2.12. The molecule has 0 aliphatic rings. The van der Waals surface area contributed by atoms with Crippen LogP contribution < -0.4 is 5.73 Å². The monoisotopic (exact) mass is 293 g/mol. The number of aromatic nitrogens is 2. The summed E-state index contributed by atoms with van der Waals surface area (Å²) in [5.41, 5.74) is 6.89. The zero-order chi connectivity index (χ0) is 14.4. The first kappa shape index (κ1) is 15.0. The van der Waals surface area contributed by atoms with E-state index in [1.165, 1.54) is 4.90 Å². The van der Waals surface area contributed by atoms with Crippen molar-refractivity contribution in [2.75, 3.05) is 19.5 Å². The van der Waals surface area contributed by atoms with E-state index in [0.717, 1.165) is 11.3 Å². The van der Waals surface area contributed by atoms with Crippen LogP contribution in [0.15, 0.2) is 33.7 Å². The molecule has 6 heteroatoms. The maximum Gasteiger partial charge on any atom is 0.243 e. The third kappa shape index (κ3) is 3.82. The molecular formula is C14H19N3O2S. The number of hydrogen-bond donors (Lipinski definition) is 1. The van der Waals surface area contributed by atoms with Gasteiger partial charge in [0.05, 0.1) is 6.04 Å². The molecule has 108 valence electrons. The average Bonchev–Trinajstić information content (AvgIpc) is 2.96. The van der Waals surface area contributed by atoms with Gasteiger partial charge in [-0.25, -0.2) is 0 Å². The van der Waals surface area contributed by atoms with Crippen molar-refractivity contribution in [3.05, 3.63) is 30.2 Å². The minimum atomic E-state index is -0.286. The summed E-state index contributed by atoms with van der Waals surface area (Å²) in [6.45, 7) is 2.70. The van der Waals surface area contributed by atoms with Crippen molar-refractivity contribution >= 4 is 11.8 Å². The normalized spacial score (nSPS) is 12.6. The van der Waals surface area contributed by atoms with E-state index < -0.39 is 0 Å². The Morgan fingerprint density at radius 3 is 2.75 bits per heavy atom. The number of thioether (sulfide) groups is 1. The van der Waals surface area contributed by atoms with Gasteiger partial charge in [-0.2, -0.15) is 4.98 Å². The Morgan fingerprint density at radius 1 is 1.35 bits per heavy atom. The van der Waals surface area contributed by atoms with Crippen LogP contribution in [0.1, 0.15) is 25.3 Å². The van der Waals surface area contributed by atoms with Crippen LogP contribution in [0.3, 0.4) is 0 Å². The molecule has 0 aliphatic heterocycles. The van der Waals surface area contributed by atoms with Gasteiger partial charge in [-0.05, 0) is 36.4 Å². The lowest BCUT2D eigenvalue weighted by molar-refractivity contribution is 0.182. The molecular weight excluding hydrogens is 274 g/mol. The second kappa shape index (κ2) is 7.42. The third-order valence-corrected chi connectivity index (χ3v) is 3.71. The first-order valence-electron chi connectivity index (χ1n) is 6.56. The molecule has 0 saturated carbocycles. The van der Waals surface area contributed by atoms with Crippen molar-refractivity contribution in [3.8, 4) is 11.4 Å². The molecule has 0 spiro atoms. The van der Waals surface area contributed by atoms with Crippen molar-refractivity contribution in [1.29, 1.82) is 0 Å². The molecule has 0 fully saturated rings. The molecule has 1 heterocycles. The maximum absolute atomic E-state index is 5.96. The fourth-order valence-electron chi connectivity index (χ4n) is 1.74. The standard InChI is InChI=1S/C14H19N3O2S/c1-3-20-11-6-4-10(5-7-11)13-16-14(19-17-13)12(15)8-9-18-2/h4-7,12H,3,8-9,15H2,1-2H3. The topological polar surface area (TPSA) is 74.2 Å². The van der Waals surface area contributed by atoms with Crippen LogP contribution in [-0.4, -0.2) is 29.6 Å². The highest BCUT2D eigenvalue weighted by Gasteiger charge is 2.15. The van der Waals surface area contributed by atoms with E-state index in [4.69, 9.17) is 15.0 Å². The fourth-order valence-corrected chi connectivity index (χ4v) is 2.40. The summed E-state index contributed by atoms with van der Waals surface area (Å²) in [6.07, 6.45) is 0.657. The molecule has 5 nitrogen and oxygen atoms in total. The summed E-state index contributed by atoms with van der Waals surface area (Å²) >= 11 is 1.80. The Balaban J connectivity index is 2.07. The Morgan fingerprint density at radius 2 is 2.10 bits per heavy atom. The lowest BCUT2D eigenvalue weighted by Gasteiger charge is -2.04. The Kier molecular flexibility index (Phi) is 5.58. The van der Waals surface area contributed by atoms with Crippen molar-refractivity contribution in [1.82, 2.24) is 10.1 Å². The largest absolute Gasteiger partial charge is 0.385 e. The first-order chi connectivity index (χ1) is 9.74. The van der Waals surface area contributed by atoms with E-state index in [-0.39, 0.29) is 6.04 Å². The van der Waals surface area contributed by atoms with Gasteiger partial charge in [0, 0.05) is 24.2 Å². The first-order valence-corrected chi connectivity index (χ1v) is 7.54. The van der Waals surface area contributed by atoms with Crippen LogP contribution in [0.5, 0.6) is 0 Å². The van der Waals surface area contributed by atoms with Gasteiger partial charge >= 0.3 is 0 Å². The van der Waals surface area contributed by atoms with Crippen LogP contribution in [0, 0.1) is 0 Å². The van der Waals surface area contributed by atoms with Crippen LogP contribution in [0.4, 0.5) is 0 Å². The van der Waals surface area contributed by atoms with E-state index in [2.05, 4.69) is 29.2 Å². The number of nitrogens with two attached hydrogens (primary N) is 1. The molecule has 0 aliphatic carbocycles. The summed E-state index contributed by atoms with van der Waals surface area (Å²) in [4.78, 5) is 5.58. The molecule has 0 bridgehead atoms. The third-order valence-electron chi connectivity index (χ3n) is 2.82. The maximum atomic E-state index is 5.96. The lowest BCUT2D eigenvalue weighted by atomic mass is 10.2. The van der Waals surface area contributed by atoms with E-state index in [1.54, 1.807) is 18.9 Å². The predicted molar refractivity (Wildman–Crippen MR) is 79.6 cm³/mol. The predicted octanol–water partition coefficient (Wildman–Crippen LogP) is 2.88. The Labute approximate surface area is 122 Å². The molecule has 1 aromatic heterocycles. The second-order valence-electron chi connectivity index (χ2n) is 4.30. The second-order valence-corrected chi connectivity index (χ2v) is 5.64. The zero-order valence-electron chi connectivity index (χ0n) is 11.7. The highest BCUT2D eigenvalue weighted by atomic mass is 32.2. The van der Waals surface area contributed by atoms with E-state index >= 15 is 0 Å². The molecule has 2 rings (SSSR count). The smallest absolute Gasteiger partial charge is 0.243 e. The van der Waals surface area contributed by atoms with Crippen molar-refractivity contribution in [3.63, 3.8) is 0 Å². The fraction of sp³-hybridized carbons (Fsp3) is 0.429. The van der Waals surface area contributed by atoms with Crippen LogP contribution in [0.2, 0.25) is 0 Å². The van der Waals surface area contributed by atoms with Gasteiger partial charge in [-0.3, -0.25) is 0 Å². The van der Waals surface area contributed by atoms with Gasteiger partial charge < -0.3 is 15.0 Å². The summed E-state index contributed by atoms with van der Waals surface area (Å²) in [7, 11) is 1.64. The van der Waals surface area contributed by atoms with Gasteiger partial charge in [0.1, 0.15) is 0 Å². The number of methoxy groups -OCH3 is 1. The van der Waals surface area contributed by atoms with Gasteiger partial charge in [0.25, 0.3) is 0 Å². The van der Waals surface area contributed by atoms with Gasteiger partial charge in [-0.15, -0.1) is 11.8 Å². The minimum Gasteiger partial charge on any atom is -0.385 e. The van der Waals surface area contributed by atoms with Gasteiger partial charge in [-0.1, -0.05) is 12.1 Å². The number of rotatable bonds is 7. The van der Waals surface area contributed by atoms with Crippen LogP contribution in [0.25, 0.3) is 11.4 Å². The van der Waals surface area contributed by atoms with E-state index in [9.17, 15) is 0 Å². The van der Waals surface area contributed by atoms with Gasteiger partial charge in [0.2, 0.25) is 11.7 Å². The summed E-state index contributed by atoms with van der Waals surface area (Å²) in [6, 6.07) is 7.82. The van der Waals surface area contributed by atoms with E-state index in [0.29, 0.717) is 24.7 Å². The van der Waals surface area contributed by atoms with Crippen molar-refractivity contribution < 1.29 is 9.26 Å². The molecule has 0 saturated heterocycles. The summed E-state index contributed by atoms with van der Waals surface area (Å²) in [5.74, 6) is 2.07. The molecule has 2 aromatic rings.